The lowest BCUT2D eigenvalue weighted by Crippen LogP contribution is -2.39. The molecule has 4 nitrogen and oxygen atoms in total. The Morgan fingerprint density at radius 2 is 2.00 bits per heavy atom. The largest absolute Gasteiger partial charge is 0.353 e. The van der Waals surface area contributed by atoms with Crippen molar-refractivity contribution in [2.45, 2.75) is 32.2 Å². The van der Waals surface area contributed by atoms with Gasteiger partial charge in [0, 0.05) is 29.7 Å². The first-order valence-electron chi connectivity index (χ1n) is 7.41. The summed E-state index contributed by atoms with van der Waals surface area (Å²) in [5.41, 5.74) is 0.801. The number of amides is 2. The third kappa shape index (κ3) is 3.21. The Hall–Kier alpha value is -1.55. The highest BCUT2D eigenvalue weighted by molar-refractivity contribution is 6.30. The van der Waals surface area contributed by atoms with Crippen molar-refractivity contribution in [3.8, 4) is 0 Å². The van der Waals surface area contributed by atoms with Crippen molar-refractivity contribution in [3.05, 3.63) is 29.3 Å². The predicted molar refractivity (Wildman–Crippen MR) is 82.2 cm³/mol. The Morgan fingerprint density at radius 3 is 2.62 bits per heavy atom. The lowest BCUT2D eigenvalue weighted by molar-refractivity contribution is -0.126. The maximum absolute atomic E-state index is 12.3. The van der Waals surface area contributed by atoms with Crippen LogP contribution in [0.5, 0.6) is 0 Å². The Bertz CT molecular complexity index is 554. The maximum Gasteiger partial charge on any atom is 0.227 e. The average molecular weight is 307 g/mol. The summed E-state index contributed by atoms with van der Waals surface area (Å²) in [5.74, 6) is 0.364. The average Bonchev–Trinajstić information content (AvgIpc) is 3.23. The molecule has 2 amide bonds. The molecule has 1 saturated carbocycles. The Balaban J connectivity index is 1.63. The molecular formula is C16H19ClN2O2. The molecule has 1 aliphatic heterocycles. The van der Waals surface area contributed by atoms with Crippen LogP contribution < -0.4 is 10.2 Å². The molecule has 3 rings (SSSR count). The highest BCUT2D eigenvalue weighted by Gasteiger charge is 2.37. The van der Waals surface area contributed by atoms with E-state index in [9.17, 15) is 9.59 Å². The predicted octanol–water partition coefficient (Wildman–Crippen LogP) is 2.61. The van der Waals surface area contributed by atoms with Crippen molar-refractivity contribution in [3.63, 3.8) is 0 Å². The smallest absolute Gasteiger partial charge is 0.227 e. The fraction of sp³-hybridized carbons (Fsp3) is 0.500. The summed E-state index contributed by atoms with van der Waals surface area (Å²) in [6.45, 7) is 2.49. The van der Waals surface area contributed by atoms with Crippen LogP contribution in [0.15, 0.2) is 24.3 Å². The Morgan fingerprint density at radius 1 is 1.33 bits per heavy atom. The van der Waals surface area contributed by atoms with Crippen LogP contribution in [-0.2, 0) is 9.59 Å². The normalized spacial score (nSPS) is 23.2. The molecule has 1 heterocycles. The van der Waals surface area contributed by atoms with Gasteiger partial charge < -0.3 is 10.2 Å². The van der Waals surface area contributed by atoms with Gasteiger partial charge in [0.1, 0.15) is 0 Å². The molecule has 2 fully saturated rings. The quantitative estimate of drug-likeness (QED) is 0.929. The van der Waals surface area contributed by atoms with Crippen molar-refractivity contribution >= 4 is 29.1 Å². The van der Waals surface area contributed by atoms with Crippen LogP contribution in [0.3, 0.4) is 0 Å². The van der Waals surface area contributed by atoms with Crippen molar-refractivity contribution in [1.82, 2.24) is 5.32 Å². The second-order valence-corrected chi connectivity index (χ2v) is 6.45. The summed E-state index contributed by atoms with van der Waals surface area (Å²) in [4.78, 5) is 26.0. The van der Waals surface area contributed by atoms with E-state index in [0.29, 0.717) is 17.5 Å². The van der Waals surface area contributed by atoms with Gasteiger partial charge in [-0.3, -0.25) is 9.59 Å². The summed E-state index contributed by atoms with van der Waals surface area (Å²) in [7, 11) is 0. The molecule has 112 valence electrons. The highest BCUT2D eigenvalue weighted by Crippen LogP contribution is 2.33. The molecule has 0 aromatic heterocycles. The minimum atomic E-state index is -0.255. The van der Waals surface area contributed by atoms with Gasteiger partial charge >= 0.3 is 0 Å². The fourth-order valence-electron chi connectivity index (χ4n) is 2.81. The van der Waals surface area contributed by atoms with E-state index in [-0.39, 0.29) is 30.2 Å². The molecule has 2 aliphatic rings. The number of hydrogen-bond donors (Lipinski definition) is 1. The van der Waals surface area contributed by atoms with E-state index < -0.39 is 0 Å². The molecule has 1 N–H and O–H groups in total. The third-order valence-electron chi connectivity index (χ3n) is 4.33. The van der Waals surface area contributed by atoms with E-state index in [0.717, 1.165) is 5.69 Å². The molecule has 0 bridgehead atoms. The lowest BCUT2D eigenvalue weighted by Gasteiger charge is -2.18. The van der Waals surface area contributed by atoms with E-state index in [1.165, 1.54) is 12.8 Å². The molecule has 21 heavy (non-hydrogen) atoms. The minimum absolute atomic E-state index is 0.000728. The van der Waals surface area contributed by atoms with Gasteiger partial charge in [-0.25, -0.2) is 0 Å². The molecule has 0 spiro atoms. The number of anilines is 1. The first-order chi connectivity index (χ1) is 10.0. The molecule has 1 aliphatic carbocycles. The number of nitrogens with one attached hydrogen (secondary N) is 1. The van der Waals surface area contributed by atoms with Crippen LogP contribution in [0, 0.1) is 11.8 Å². The van der Waals surface area contributed by atoms with Crippen LogP contribution in [0.1, 0.15) is 26.2 Å². The first kappa shape index (κ1) is 14.4. The van der Waals surface area contributed by atoms with Gasteiger partial charge in [0.2, 0.25) is 11.8 Å². The number of nitrogens with zero attached hydrogens (tertiary/aromatic N) is 1. The zero-order valence-corrected chi connectivity index (χ0v) is 12.8. The molecule has 1 saturated heterocycles. The van der Waals surface area contributed by atoms with Crippen LogP contribution in [0.2, 0.25) is 5.02 Å². The number of benzene rings is 1. The number of hydrogen-bond acceptors (Lipinski definition) is 2. The van der Waals surface area contributed by atoms with E-state index in [1.807, 2.05) is 19.1 Å². The van der Waals surface area contributed by atoms with Gasteiger partial charge in [-0.05, 0) is 49.9 Å². The Kier molecular flexibility index (Phi) is 3.89. The van der Waals surface area contributed by atoms with Crippen molar-refractivity contribution in [2.75, 3.05) is 11.4 Å². The topological polar surface area (TPSA) is 49.4 Å². The summed E-state index contributed by atoms with van der Waals surface area (Å²) in [6.07, 6.45) is 2.68. The zero-order chi connectivity index (χ0) is 15.0. The second kappa shape index (κ2) is 5.68. The van der Waals surface area contributed by atoms with Gasteiger partial charge in [-0.15, -0.1) is 0 Å². The van der Waals surface area contributed by atoms with E-state index in [1.54, 1.807) is 17.0 Å². The van der Waals surface area contributed by atoms with Gasteiger partial charge in [0.05, 0.1) is 5.92 Å². The Labute approximate surface area is 129 Å². The number of carbonyl (C=O) groups excluding carboxylic acids is 2. The summed E-state index contributed by atoms with van der Waals surface area (Å²) < 4.78 is 0. The van der Waals surface area contributed by atoms with Gasteiger partial charge in [-0.2, -0.15) is 0 Å². The van der Waals surface area contributed by atoms with E-state index in [4.69, 9.17) is 11.6 Å². The van der Waals surface area contributed by atoms with Crippen LogP contribution in [-0.4, -0.2) is 24.4 Å². The summed E-state index contributed by atoms with van der Waals surface area (Å²) >= 11 is 5.86. The molecule has 1 aromatic carbocycles. The van der Waals surface area contributed by atoms with Crippen LogP contribution in [0.4, 0.5) is 5.69 Å². The molecule has 1 aromatic rings. The fourth-order valence-corrected chi connectivity index (χ4v) is 2.94. The monoisotopic (exact) mass is 306 g/mol. The second-order valence-electron chi connectivity index (χ2n) is 6.02. The summed E-state index contributed by atoms with van der Waals surface area (Å²) in [5, 5.41) is 3.68. The number of rotatable bonds is 4. The SMILES string of the molecule is C[C@@H](NC(=O)[C@H]1CC(=O)N(c2ccc(Cl)cc2)C1)C1CC1. The van der Waals surface area contributed by atoms with Crippen LogP contribution in [0.25, 0.3) is 0 Å². The third-order valence-corrected chi connectivity index (χ3v) is 4.59. The molecule has 0 radical (unpaired) electrons. The maximum atomic E-state index is 12.3. The molecular weight excluding hydrogens is 288 g/mol. The highest BCUT2D eigenvalue weighted by atomic mass is 35.5. The minimum Gasteiger partial charge on any atom is -0.353 e. The van der Waals surface area contributed by atoms with Gasteiger partial charge in [-0.1, -0.05) is 11.6 Å². The number of carbonyl (C=O) groups is 2. The zero-order valence-electron chi connectivity index (χ0n) is 12.0. The van der Waals surface area contributed by atoms with Crippen molar-refractivity contribution < 1.29 is 9.59 Å². The van der Waals surface area contributed by atoms with E-state index in [2.05, 4.69) is 5.32 Å². The lowest BCUT2D eigenvalue weighted by atomic mass is 10.1. The van der Waals surface area contributed by atoms with Gasteiger partial charge in [0.15, 0.2) is 0 Å². The number of halogens is 1. The van der Waals surface area contributed by atoms with Crippen LogP contribution >= 0.6 is 11.6 Å². The molecule has 2 atom stereocenters. The van der Waals surface area contributed by atoms with Crippen molar-refractivity contribution in [1.29, 1.82) is 0 Å². The van der Waals surface area contributed by atoms with Gasteiger partial charge in [0.25, 0.3) is 0 Å². The molecule has 5 heteroatoms. The first-order valence-corrected chi connectivity index (χ1v) is 7.78. The summed E-state index contributed by atoms with van der Waals surface area (Å²) in [6, 6.07) is 7.36. The van der Waals surface area contributed by atoms with E-state index >= 15 is 0 Å². The standard InChI is InChI=1S/C16H19ClN2O2/c1-10(11-2-3-11)18-16(21)12-8-15(20)19(9-12)14-6-4-13(17)5-7-14/h4-7,10-12H,2-3,8-9H2,1H3,(H,18,21)/t10-,12+/m1/s1. The molecule has 0 unspecified atom stereocenters. The van der Waals surface area contributed by atoms with Crippen molar-refractivity contribution in [2.24, 2.45) is 11.8 Å².